The summed E-state index contributed by atoms with van der Waals surface area (Å²) in [6.07, 6.45) is 4.28. The van der Waals surface area contributed by atoms with Crippen LogP contribution in [0.4, 0.5) is 4.39 Å². The number of rotatable bonds is 6. The third kappa shape index (κ3) is 2.95. The van der Waals surface area contributed by atoms with E-state index in [2.05, 4.69) is 18.8 Å². The molecule has 2 rings (SSSR count). The highest BCUT2D eigenvalue weighted by molar-refractivity contribution is 7.91. The first-order chi connectivity index (χ1) is 9.26. The fraction of sp³-hybridized carbons (Fsp3) is 0.643. The Morgan fingerprint density at radius 3 is 2.55 bits per heavy atom. The van der Waals surface area contributed by atoms with Crippen molar-refractivity contribution in [2.45, 2.75) is 37.9 Å². The van der Waals surface area contributed by atoms with E-state index in [-0.39, 0.29) is 5.69 Å². The molecular formula is C14H20FNO3S. The second-order valence-electron chi connectivity index (χ2n) is 5.80. The summed E-state index contributed by atoms with van der Waals surface area (Å²) in [4.78, 5) is 4.00. The van der Waals surface area contributed by atoms with Crippen LogP contribution in [0, 0.1) is 11.7 Å². The Labute approximate surface area is 119 Å². The molecule has 0 amide bonds. The minimum absolute atomic E-state index is 0.0243. The van der Waals surface area contributed by atoms with Gasteiger partial charge >= 0.3 is 0 Å². The zero-order chi connectivity index (χ0) is 15.0. The molecule has 0 aromatic carbocycles. The van der Waals surface area contributed by atoms with Crippen molar-refractivity contribution in [3.63, 3.8) is 0 Å². The first kappa shape index (κ1) is 15.2. The molecule has 1 aliphatic carbocycles. The first-order valence-corrected chi connectivity index (χ1v) is 8.64. The number of hydrogen-bond acceptors (Lipinski definition) is 4. The smallest absolute Gasteiger partial charge is 0.158 e. The van der Waals surface area contributed by atoms with Gasteiger partial charge in [-0.3, -0.25) is 4.98 Å². The molecule has 0 spiro atoms. The van der Waals surface area contributed by atoms with E-state index in [4.69, 9.17) is 4.74 Å². The largest absolute Gasteiger partial charge is 0.492 e. The lowest BCUT2D eigenvalue weighted by Crippen LogP contribution is -2.22. The van der Waals surface area contributed by atoms with Crippen molar-refractivity contribution in [3.05, 3.63) is 23.8 Å². The Balaban J connectivity index is 2.15. The Morgan fingerprint density at radius 1 is 1.45 bits per heavy atom. The average molecular weight is 301 g/mol. The van der Waals surface area contributed by atoms with Gasteiger partial charge in [-0.25, -0.2) is 12.8 Å². The number of aromatic nitrogens is 1. The van der Waals surface area contributed by atoms with Crippen LogP contribution in [0.5, 0.6) is 5.75 Å². The van der Waals surface area contributed by atoms with Gasteiger partial charge in [-0.15, -0.1) is 0 Å². The van der Waals surface area contributed by atoms with E-state index in [0.29, 0.717) is 31.1 Å². The summed E-state index contributed by atoms with van der Waals surface area (Å²) in [6.45, 7) is 4.65. The molecule has 1 aromatic rings. The van der Waals surface area contributed by atoms with Gasteiger partial charge in [-0.05, 0) is 25.2 Å². The van der Waals surface area contributed by atoms with Gasteiger partial charge < -0.3 is 4.74 Å². The Hall–Kier alpha value is -1.17. The third-order valence-corrected chi connectivity index (χ3v) is 5.65. The van der Waals surface area contributed by atoms with Crippen LogP contribution in [0.1, 0.15) is 38.8 Å². The molecule has 20 heavy (non-hydrogen) atoms. The Morgan fingerprint density at radius 2 is 2.10 bits per heavy atom. The number of halogens is 1. The monoisotopic (exact) mass is 301 g/mol. The number of nitrogens with zero attached hydrogens (tertiary/aromatic N) is 1. The van der Waals surface area contributed by atoms with Crippen molar-refractivity contribution >= 4 is 9.84 Å². The van der Waals surface area contributed by atoms with Crippen molar-refractivity contribution in [2.24, 2.45) is 5.92 Å². The molecule has 1 fully saturated rings. The predicted molar refractivity (Wildman–Crippen MR) is 74.9 cm³/mol. The molecule has 1 aliphatic rings. The van der Waals surface area contributed by atoms with Crippen LogP contribution < -0.4 is 4.74 Å². The molecule has 0 saturated heterocycles. The Kier molecular flexibility index (Phi) is 4.04. The second-order valence-corrected chi connectivity index (χ2v) is 8.12. The molecule has 1 aromatic heterocycles. The summed E-state index contributed by atoms with van der Waals surface area (Å²) < 4.78 is 41.9. The fourth-order valence-electron chi connectivity index (χ4n) is 2.14. The van der Waals surface area contributed by atoms with Gasteiger partial charge in [0.1, 0.15) is 16.3 Å². The standard InChI is InChI=1S/C14H20FNO3S/c1-10(2)4-7-19-11-8-12(15)13(16-9-11)14(5-6-14)20(3,17)18/h8-10H,4-7H2,1-3H3. The fourth-order valence-corrected chi connectivity index (χ4v) is 3.49. The molecule has 0 N–H and O–H groups in total. The Bertz CT molecular complexity index is 594. The predicted octanol–water partition coefficient (Wildman–Crippen LogP) is 2.68. The van der Waals surface area contributed by atoms with E-state index in [1.165, 1.54) is 12.3 Å². The van der Waals surface area contributed by atoms with Crippen LogP contribution >= 0.6 is 0 Å². The number of pyridine rings is 1. The summed E-state index contributed by atoms with van der Waals surface area (Å²) in [6, 6.07) is 1.23. The highest BCUT2D eigenvalue weighted by atomic mass is 32.2. The zero-order valence-electron chi connectivity index (χ0n) is 12.0. The van der Waals surface area contributed by atoms with Crippen molar-refractivity contribution in [1.82, 2.24) is 4.98 Å². The highest BCUT2D eigenvalue weighted by Crippen LogP contribution is 2.52. The average Bonchev–Trinajstić information content (AvgIpc) is 3.09. The molecular weight excluding hydrogens is 281 g/mol. The quantitative estimate of drug-likeness (QED) is 0.810. The van der Waals surface area contributed by atoms with E-state index in [1.54, 1.807) is 0 Å². The highest BCUT2D eigenvalue weighted by Gasteiger charge is 2.56. The van der Waals surface area contributed by atoms with Crippen LogP contribution in [0.15, 0.2) is 12.3 Å². The molecule has 0 aliphatic heterocycles. The summed E-state index contributed by atoms with van der Waals surface area (Å²) in [5.41, 5.74) is 0.0243. The molecule has 0 bridgehead atoms. The lowest BCUT2D eigenvalue weighted by Gasteiger charge is -2.14. The van der Waals surface area contributed by atoms with Gasteiger partial charge in [-0.2, -0.15) is 0 Å². The van der Waals surface area contributed by atoms with E-state index in [9.17, 15) is 12.8 Å². The summed E-state index contributed by atoms with van der Waals surface area (Å²) in [5.74, 6) is 0.248. The minimum Gasteiger partial charge on any atom is -0.492 e. The molecule has 1 saturated carbocycles. The van der Waals surface area contributed by atoms with Crippen molar-refractivity contribution < 1.29 is 17.5 Å². The SMILES string of the molecule is CC(C)CCOc1cnc(C2(S(C)(=O)=O)CC2)c(F)c1. The third-order valence-electron chi connectivity index (χ3n) is 3.63. The second kappa shape index (κ2) is 5.31. The van der Waals surface area contributed by atoms with Crippen LogP contribution in [0.2, 0.25) is 0 Å². The van der Waals surface area contributed by atoms with Gasteiger partial charge in [0.25, 0.3) is 0 Å². The summed E-state index contributed by atoms with van der Waals surface area (Å²) >= 11 is 0. The molecule has 0 radical (unpaired) electrons. The lowest BCUT2D eigenvalue weighted by atomic mass is 10.1. The van der Waals surface area contributed by atoms with E-state index in [1.807, 2.05) is 0 Å². The van der Waals surface area contributed by atoms with Gasteiger partial charge in [0.2, 0.25) is 0 Å². The topological polar surface area (TPSA) is 56.3 Å². The van der Waals surface area contributed by atoms with Gasteiger partial charge in [0, 0.05) is 12.3 Å². The van der Waals surface area contributed by atoms with Gasteiger partial charge in [0.05, 0.1) is 18.5 Å². The first-order valence-electron chi connectivity index (χ1n) is 6.75. The number of ether oxygens (including phenoxy) is 1. The zero-order valence-corrected chi connectivity index (χ0v) is 12.8. The van der Waals surface area contributed by atoms with Crippen LogP contribution in [0.25, 0.3) is 0 Å². The maximum atomic E-state index is 14.1. The normalized spacial score (nSPS) is 17.2. The van der Waals surface area contributed by atoms with Crippen LogP contribution in [-0.2, 0) is 14.6 Å². The molecule has 6 heteroatoms. The van der Waals surface area contributed by atoms with Crippen LogP contribution in [0.3, 0.4) is 0 Å². The maximum absolute atomic E-state index is 14.1. The van der Waals surface area contributed by atoms with E-state index < -0.39 is 20.4 Å². The summed E-state index contributed by atoms with van der Waals surface area (Å²) in [7, 11) is -3.35. The molecule has 0 unspecified atom stereocenters. The van der Waals surface area contributed by atoms with E-state index in [0.717, 1.165) is 12.7 Å². The number of sulfone groups is 1. The minimum atomic E-state index is -3.35. The van der Waals surface area contributed by atoms with Crippen LogP contribution in [-0.4, -0.2) is 26.3 Å². The molecule has 112 valence electrons. The van der Waals surface area contributed by atoms with Crippen molar-refractivity contribution in [1.29, 1.82) is 0 Å². The van der Waals surface area contributed by atoms with Gasteiger partial charge in [0.15, 0.2) is 9.84 Å². The molecule has 4 nitrogen and oxygen atoms in total. The van der Waals surface area contributed by atoms with E-state index >= 15 is 0 Å². The maximum Gasteiger partial charge on any atom is 0.158 e. The molecule has 0 atom stereocenters. The number of hydrogen-bond donors (Lipinski definition) is 0. The van der Waals surface area contributed by atoms with Crippen molar-refractivity contribution in [2.75, 3.05) is 12.9 Å². The van der Waals surface area contributed by atoms with Crippen molar-refractivity contribution in [3.8, 4) is 5.75 Å². The summed E-state index contributed by atoms with van der Waals surface area (Å²) in [5, 5.41) is 0. The van der Waals surface area contributed by atoms with Gasteiger partial charge in [-0.1, -0.05) is 13.8 Å². The lowest BCUT2D eigenvalue weighted by molar-refractivity contribution is 0.286. The molecule has 1 heterocycles.